The third-order valence-corrected chi connectivity index (χ3v) is 2.27. The van der Waals surface area contributed by atoms with E-state index in [9.17, 15) is 4.79 Å². The van der Waals surface area contributed by atoms with E-state index in [2.05, 4.69) is 6.58 Å². The van der Waals surface area contributed by atoms with Crippen LogP contribution >= 0.6 is 11.6 Å². The summed E-state index contributed by atoms with van der Waals surface area (Å²) in [7, 11) is 0. The number of ether oxygens (including phenoxy) is 1. The van der Waals surface area contributed by atoms with Crippen molar-refractivity contribution in [1.82, 2.24) is 0 Å². The lowest BCUT2D eigenvalue weighted by molar-refractivity contribution is 0.0509. The predicted octanol–water partition coefficient (Wildman–Crippen LogP) is 3.03. The number of carbonyl (C=O) groups is 1. The first kappa shape index (κ1) is 11.8. The lowest BCUT2D eigenvalue weighted by Crippen LogP contribution is -2.06. The quantitative estimate of drug-likeness (QED) is 0.437. The number of hydrogen-bond donors (Lipinski definition) is 0. The molecule has 1 rings (SSSR count). The zero-order valence-electron chi connectivity index (χ0n) is 8.41. The van der Waals surface area contributed by atoms with Crippen LogP contribution in [0.25, 0.3) is 0 Å². The molecule has 0 saturated heterocycles. The lowest BCUT2D eigenvalue weighted by atomic mass is 10.2. The second-order valence-electron chi connectivity index (χ2n) is 3.14. The van der Waals surface area contributed by atoms with E-state index >= 15 is 0 Å². The average Bonchev–Trinajstić information content (AvgIpc) is 2.29. The fourth-order valence-electron chi connectivity index (χ4n) is 1.01. The standard InChI is InChI=1S/C12H13ClO2/c1-10(9-13)7-8-15-12(14)11-5-3-2-4-6-11/h2-6H,1,7-9H2. The van der Waals surface area contributed by atoms with Crippen LogP contribution in [0.5, 0.6) is 0 Å². The Morgan fingerprint density at radius 2 is 2.00 bits per heavy atom. The first-order valence-corrected chi connectivity index (χ1v) is 5.22. The van der Waals surface area contributed by atoms with Crippen LogP contribution in [0.15, 0.2) is 42.5 Å². The zero-order chi connectivity index (χ0) is 11.1. The molecule has 0 saturated carbocycles. The molecule has 0 aromatic heterocycles. The average molecular weight is 225 g/mol. The van der Waals surface area contributed by atoms with Gasteiger partial charge in [0.05, 0.1) is 12.2 Å². The van der Waals surface area contributed by atoms with Gasteiger partial charge in [-0.15, -0.1) is 11.6 Å². The second-order valence-corrected chi connectivity index (χ2v) is 3.40. The highest BCUT2D eigenvalue weighted by Gasteiger charge is 2.05. The third kappa shape index (κ3) is 4.17. The van der Waals surface area contributed by atoms with Crippen LogP contribution in [-0.4, -0.2) is 18.5 Å². The fraction of sp³-hybridized carbons (Fsp3) is 0.250. The van der Waals surface area contributed by atoms with Gasteiger partial charge >= 0.3 is 5.97 Å². The number of halogens is 1. The molecule has 15 heavy (non-hydrogen) atoms. The summed E-state index contributed by atoms with van der Waals surface area (Å²) in [4.78, 5) is 11.4. The Hall–Kier alpha value is -1.28. The van der Waals surface area contributed by atoms with Gasteiger partial charge in [-0.1, -0.05) is 30.4 Å². The SMILES string of the molecule is C=C(CCl)CCOC(=O)c1ccccc1. The molecule has 0 spiro atoms. The van der Waals surface area contributed by atoms with Crippen molar-refractivity contribution in [3.63, 3.8) is 0 Å². The molecule has 80 valence electrons. The maximum atomic E-state index is 11.4. The van der Waals surface area contributed by atoms with Crippen LogP contribution in [0.1, 0.15) is 16.8 Å². The number of carbonyl (C=O) groups excluding carboxylic acids is 1. The summed E-state index contributed by atoms with van der Waals surface area (Å²) in [5, 5.41) is 0. The Labute approximate surface area is 94.5 Å². The van der Waals surface area contributed by atoms with E-state index in [1.165, 1.54) is 0 Å². The Kier molecular flexibility index (Phi) is 4.91. The molecule has 0 atom stereocenters. The molecule has 0 aliphatic carbocycles. The summed E-state index contributed by atoms with van der Waals surface area (Å²) in [6.07, 6.45) is 0.613. The molecule has 0 bridgehead atoms. The zero-order valence-corrected chi connectivity index (χ0v) is 9.17. The van der Waals surface area contributed by atoms with Crippen molar-refractivity contribution in [1.29, 1.82) is 0 Å². The molecule has 0 aliphatic heterocycles. The summed E-state index contributed by atoms with van der Waals surface area (Å²) in [6, 6.07) is 8.89. The summed E-state index contributed by atoms with van der Waals surface area (Å²) < 4.78 is 5.04. The van der Waals surface area contributed by atoms with E-state index in [0.717, 1.165) is 5.57 Å². The number of alkyl halides is 1. The van der Waals surface area contributed by atoms with Gasteiger partial charge in [-0.2, -0.15) is 0 Å². The van der Waals surface area contributed by atoms with E-state index in [0.29, 0.717) is 24.5 Å². The molecule has 1 aromatic rings. The number of rotatable bonds is 5. The highest BCUT2D eigenvalue weighted by atomic mass is 35.5. The van der Waals surface area contributed by atoms with Crippen LogP contribution in [-0.2, 0) is 4.74 Å². The predicted molar refractivity (Wildman–Crippen MR) is 61.2 cm³/mol. The molecule has 1 aromatic carbocycles. The van der Waals surface area contributed by atoms with Gasteiger partial charge in [-0.05, 0) is 12.1 Å². The van der Waals surface area contributed by atoms with Crippen LogP contribution in [0.3, 0.4) is 0 Å². The van der Waals surface area contributed by atoms with Gasteiger partial charge in [0.15, 0.2) is 0 Å². The highest BCUT2D eigenvalue weighted by molar-refractivity contribution is 6.19. The third-order valence-electron chi connectivity index (χ3n) is 1.89. The first-order chi connectivity index (χ1) is 7.24. The smallest absolute Gasteiger partial charge is 0.338 e. The Bertz CT molecular complexity index is 333. The monoisotopic (exact) mass is 224 g/mol. The number of esters is 1. The minimum Gasteiger partial charge on any atom is -0.462 e. The van der Waals surface area contributed by atoms with E-state index in [1.54, 1.807) is 24.3 Å². The number of benzene rings is 1. The van der Waals surface area contributed by atoms with Crippen molar-refractivity contribution in [2.45, 2.75) is 6.42 Å². The molecule has 3 heteroatoms. The van der Waals surface area contributed by atoms with Crippen molar-refractivity contribution >= 4 is 17.6 Å². The van der Waals surface area contributed by atoms with E-state index in [-0.39, 0.29) is 5.97 Å². The first-order valence-electron chi connectivity index (χ1n) is 4.69. The Balaban J connectivity index is 2.34. The summed E-state index contributed by atoms with van der Waals surface area (Å²) in [5.41, 5.74) is 1.44. The Morgan fingerprint density at radius 1 is 1.33 bits per heavy atom. The molecule has 0 fully saturated rings. The van der Waals surface area contributed by atoms with Gasteiger partial charge in [0, 0.05) is 12.3 Å². The maximum Gasteiger partial charge on any atom is 0.338 e. The van der Waals surface area contributed by atoms with Crippen molar-refractivity contribution in [3.05, 3.63) is 48.0 Å². The van der Waals surface area contributed by atoms with Crippen LogP contribution < -0.4 is 0 Å². The summed E-state index contributed by atoms with van der Waals surface area (Å²) >= 11 is 5.54. The largest absolute Gasteiger partial charge is 0.462 e. The molecule has 2 nitrogen and oxygen atoms in total. The van der Waals surface area contributed by atoms with Gasteiger partial charge in [-0.25, -0.2) is 4.79 Å². The van der Waals surface area contributed by atoms with E-state index < -0.39 is 0 Å². The molecular weight excluding hydrogens is 212 g/mol. The van der Waals surface area contributed by atoms with Gasteiger partial charge in [0.25, 0.3) is 0 Å². The van der Waals surface area contributed by atoms with Crippen LogP contribution in [0, 0.1) is 0 Å². The van der Waals surface area contributed by atoms with Crippen molar-refractivity contribution in [2.24, 2.45) is 0 Å². The van der Waals surface area contributed by atoms with Crippen molar-refractivity contribution in [3.8, 4) is 0 Å². The van der Waals surface area contributed by atoms with Gasteiger partial charge < -0.3 is 4.74 Å². The van der Waals surface area contributed by atoms with Crippen molar-refractivity contribution < 1.29 is 9.53 Å². The second kappa shape index (κ2) is 6.25. The molecule has 0 radical (unpaired) electrons. The minimum absolute atomic E-state index is 0.307. The van der Waals surface area contributed by atoms with E-state index in [4.69, 9.17) is 16.3 Å². The summed E-state index contributed by atoms with van der Waals surface area (Å²) in [5.74, 6) is 0.0982. The van der Waals surface area contributed by atoms with Crippen LogP contribution in [0.4, 0.5) is 0 Å². The lowest BCUT2D eigenvalue weighted by Gasteiger charge is -2.04. The highest BCUT2D eigenvalue weighted by Crippen LogP contribution is 2.04. The van der Waals surface area contributed by atoms with Gasteiger partial charge in [0.1, 0.15) is 0 Å². The molecule has 0 N–H and O–H groups in total. The van der Waals surface area contributed by atoms with E-state index in [1.807, 2.05) is 6.07 Å². The normalized spacial score (nSPS) is 9.67. The fourth-order valence-corrected chi connectivity index (χ4v) is 1.15. The molecule has 0 unspecified atom stereocenters. The maximum absolute atomic E-state index is 11.4. The molecular formula is C12H13ClO2. The molecule has 0 heterocycles. The minimum atomic E-state index is -0.307. The van der Waals surface area contributed by atoms with Gasteiger partial charge in [-0.3, -0.25) is 0 Å². The van der Waals surface area contributed by atoms with Gasteiger partial charge in [0.2, 0.25) is 0 Å². The number of hydrogen-bond acceptors (Lipinski definition) is 2. The summed E-state index contributed by atoms with van der Waals surface area (Å²) in [6.45, 7) is 4.05. The molecule has 0 aliphatic rings. The topological polar surface area (TPSA) is 26.3 Å². The molecule has 0 amide bonds. The van der Waals surface area contributed by atoms with Crippen molar-refractivity contribution in [2.75, 3.05) is 12.5 Å². The van der Waals surface area contributed by atoms with Crippen LogP contribution in [0.2, 0.25) is 0 Å². The Morgan fingerprint density at radius 3 is 2.60 bits per heavy atom.